The molecule has 1 atom stereocenters. The summed E-state index contributed by atoms with van der Waals surface area (Å²) in [6.45, 7) is 2.09. The molecule has 0 amide bonds. The molecule has 18 heavy (non-hydrogen) atoms. The first-order valence-electron chi connectivity index (χ1n) is 5.97. The first-order chi connectivity index (χ1) is 8.70. The van der Waals surface area contributed by atoms with E-state index in [1.54, 1.807) is 12.1 Å². The highest BCUT2D eigenvalue weighted by atomic mass is 35.5. The molecule has 2 aromatic rings. The fourth-order valence-electron chi connectivity index (χ4n) is 1.89. The van der Waals surface area contributed by atoms with Crippen LogP contribution in [0.5, 0.6) is 0 Å². The van der Waals surface area contributed by atoms with Crippen molar-refractivity contribution < 1.29 is 4.39 Å². The van der Waals surface area contributed by atoms with Crippen LogP contribution >= 0.6 is 11.6 Å². The summed E-state index contributed by atoms with van der Waals surface area (Å²) < 4.78 is 13.4. The lowest BCUT2D eigenvalue weighted by Crippen LogP contribution is -2.09. The Morgan fingerprint density at radius 1 is 1.17 bits per heavy atom. The van der Waals surface area contributed by atoms with Crippen molar-refractivity contribution in [1.29, 1.82) is 0 Å². The quantitative estimate of drug-likeness (QED) is 0.815. The van der Waals surface area contributed by atoms with E-state index in [1.165, 1.54) is 11.6 Å². The third-order valence-electron chi connectivity index (χ3n) is 2.87. The number of anilines is 1. The maximum absolute atomic E-state index is 13.4. The third-order valence-corrected chi connectivity index (χ3v) is 3.18. The van der Waals surface area contributed by atoms with Crippen LogP contribution in [0.3, 0.4) is 0 Å². The van der Waals surface area contributed by atoms with Crippen molar-refractivity contribution in [2.45, 2.75) is 19.4 Å². The zero-order valence-corrected chi connectivity index (χ0v) is 10.9. The van der Waals surface area contributed by atoms with Crippen molar-refractivity contribution in [2.24, 2.45) is 0 Å². The second kappa shape index (κ2) is 5.87. The molecule has 0 aliphatic rings. The van der Waals surface area contributed by atoms with Crippen molar-refractivity contribution >= 4 is 17.3 Å². The van der Waals surface area contributed by atoms with Gasteiger partial charge in [0.15, 0.2) is 0 Å². The number of halogens is 2. The lowest BCUT2D eigenvalue weighted by molar-refractivity contribution is 0.628. The Hall–Kier alpha value is -1.54. The molecule has 0 aliphatic carbocycles. The van der Waals surface area contributed by atoms with Gasteiger partial charge in [0.25, 0.3) is 0 Å². The van der Waals surface area contributed by atoms with Crippen LogP contribution in [0.2, 0.25) is 5.02 Å². The highest BCUT2D eigenvalue weighted by molar-refractivity contribution is 6.30. The van der Waals surface area contributed by atoms with Gasteiger partial charge >= 0.3 is 0 Å². The topological polar surface area (TPSA) is 12.0 Å². The van der Waals surface area contributed by atoms with Gasteiger partial charge in [-0.3, -0.25) is 0 Å². The smallest absolute Gasteiger partial charge is 0.143 e. The van der Waals surface area contributed by atoms with Crippen molar-refractivity contribution in [3.05, 3.63) is 64.9 Å². The summed E-state index contributed by atoms with van der Waals surface area (Å²) in [4.78, 5) is 0. The maximum atomic E-state index is 13.4. The van der Waals surface area contributed by atoms with Gasteiger partial charge in [-0.2, -0.15) is 0 Å². The summed E-state index contributed by atoms with van der Waals surface area (Å²) >= 11 is 5.67. The zero-order valence-electron chi connectivity index (χ0n) is 10.2. The molecule has 0 aliphatic heterocycles. The van der Waals surface area contributed by atoms with E-state index in [9.17, 15) is 4.39 Å². The number of hydrogen-bond acceptors (Lipinski definition) is 1. The van der Waals surface area contributed by atoms with Crippen molar-refractivity contribution in [2.75, 3.05) is 5.32 Å². The normalized spacial score (nSPS) is 12.2. The summed E-state index contributed by atoms with van der Waals surface area (Å²) in [7, 11) is 0. The molecular weight excluding hydrogens is 249 g/mol. The Kier molecular flexibility index (Phi) is 4.21. The molecule has 94 valence electrons. The van der Waals surface area contributed by atoms with Gasteiger partial charge in [-0.25, -0.2) is 4.39 Å². The molecule has 0 spiro atoms. The lowest BCUT2D eigenvalue weighted by atomic mass is 10.0. The van der Waals surface area contributed by atoms with Crippen LogP contribution in [0.25, 0.3) is 0 Å². The molecule has 0 bridgehead atoms. The fourth-order valence-corrected chi connectivity index (χ4v) is 2.01. The average Bonchev–Trinajstić information content (AvgIpc) is 2.41. The van der Waals surface area contributed by atoms with Crippen LogP contribution in [0.1, 0.15) is 24.9 Å². The predicted octanol–water partition coefficient (Wildman–Crippen LogP) is 5.04. The van der Waals surface area contributed by atoms with Crippen LogP contribution < -0.4 is 5.32 Å². The zero-order chi connectivity index (χ0) is 13.0. The van der Waals surface area contributed by atoms with Gasteiger partial charge in [-0.1, -0.05) is 48.9 Å². The molecular formula is C15H15ClFN. The second-order valence-electron chi connectivity index (χ2n) is 4.14. The van der Waals surface area contributed by atoms with Crippen molar-refractivity contribution in [1.82, 2.24) is 0 Å². The lowest BCUT2D eigenvalue weighted by Gasteiger charge is -2.19. The summed E-state index contributed by atoms with van der Waals surface area (Å²) in [6.07, 6.45) is 0.925. The van der Waals surface area contributed by atoms with E-state index >= 15 is 0 Å². The van der Waals surface area contributed by atoms with Gasteiger partial charge in [0.05, 0.1) is 11.1 Å². The number of nitrogens with one attached hydrogen (secondary N) is 1. The van der Waals surface area contributed by atoms with Crippen LogP contribution in [-0.4, -0.2) is 0 Å². The summed E-state index contributed by atoms with van der Waals surface area (Å²) in [5.41, 5.74) is 1.93. The highest BCUT2D eigenvalue weighted by Crippen LogP contribution is 2.25. The van der Waals surface area contributed by atoms with Gasteiger partial charge < -0.3 is 5.32 Å². The third kappa shape index (κ3) is 3.02. The SMILES string of the molecule is CCC(Nc1ccc(Cl)c(F)c1)c1ccccc1. The van der Waals surface area contributed by atoms with Gasteiger partial charge in [0.1, 0.15) is 5.82 Å². The molecule has 0 radical (unpaired) electrons. The van der Waals surface area contributed by atoms with Crippen molar-refractivity contribution in [3.63, 3.8) is 0 Å². The second-order valence-corrected chi connectivity index (χ2v) is 4.55. The monoisotopic (exact) mass is 263 g/mol. The molecule has 0 aromatic heterocycles. The Morgan fingerprint density at radius 2 is 1.89 bits per heavy atom. The molecule has 1 unspecified atom stereocenters. The number of benzene rings is 2. The van der Waals surface area contributed by atoms with E-state index in [4.69, 9.17) is 11.6 Å². The van der Waals surface area contributed by atoms with Crippen molar-refractivity contribution in [3.8, 4) is 0 Å². The molecule has 0 fully saturated rings. The number of rotatable bonds is 4. The summed E-state index contributed by atoms with van der Waals surface area (Å²) in [5, 5.41) is 3.46. The molecule has 2 rings (SSSR count). The molecule has 1 N–H and O–H groups in total. The van der Waals surface area contributed by atoms with E-state index in [-0.39, 0.29) is 11.1 Å². The Morgan fingerprint density at radius 3 is 2.50 bits per heavy atom. The maximum Gasteiger partial charge on any atom is 0.143 e. The van der Waals surface area contributed by atoms with E-state index in [1.807, 2.05) is 18.2 Å². The minimum absolute atomic E-state index is 0.147. The molecule has 2 aromatic carbocycles. The Labute approximate surface area is 112 Å². The highest BCUT2D eigenvalue weighted by Gasteiger charge is 2.09. The largest absolute Gasteiger partial charge is 0.378 e. The van der Waals surface area contributed by atoms with Crippen LogP contribution in [-0.2, 0) is 0 Å². The predicted molar refractivity (Wildman–Crippen MR) is 74.5 cm³/mol. The first-order valence-corrected chi connectivity index (χ1v) is 6.35. The van der Waals surface area contributed by atoms with E-state index < -0.39 is 5.82 Å². The number of hydrogen-bond donors (Lipinski definition) is 1. The Bertz CT molecular complexity index is 513. The minimum Gasteiger partial charge on any atom is -0.378 e. The van der Waals surface area contributed by atoms with Gasteiger partial charge in [0, 0.05) is 5.69 Å². The van der Waals surface area contributed by atoms with E-state index in [0.717, 1.165) is 12.1 Å². The minimum atomic E-state index is -0.399. The summed E-state index contributed by atoms with van der Waals surface area (Å²) in [5.74, 6) is -0.399. The van der Waals surface area contributed by atoms with Gasteiger partial charge in [-0.05, 0) is 30.2 Å². The fraction of sp³-hybridized carbons (Fsp3) is 0.200. The van der Waals surface area contributed by atoms with Gasteiger partial charge in [-0.15, -0.1) is 0 Å². The van der Waals surface area contributed by atoms with Crippen LogP contribution in [0, 0.1) is 5.82 Å². The first kappa shape index (κ1) is 12.9. The standard InChI is InChI=1S/C15H15ClFN/c1-2-15(11-6-4-3-5-7-11)18-12-8-9-13(16)14(17)10-12/h3-10,15,18H,2H2,1H3. The van der Waals surface area contributed by atoms with Crippen LogP contribution in [0.15, 0.2) is 48.5 Å². The Balaban J connectivity index is 2.18. The van der Waals surface area contributed by atoms with E-state index in [0.29, 0.717) is 0 Å². The molecule has 3 heteroatoms. The summed E-state index contributed by atoms with van der Waals surface area (Å²) in [6, 6.07) is 15.1. The molecule has 1 nitrogen and oxygen atoms in total. The van der Waals surface area contributed by atoms with Gasteiger partial charge in [0.2, 0.25) is 0 Å². The molecule has 0 saturated heterocycles. The van der Waals surface area contributed by atoms with E-state index in [2.05, 4.69) is 24.4 Å². The van der Waals surface area contributed by atoms with Crippen LogP contribution in [0.4, 0.5) is 10.1 Å². The average molecular weight is 264 g/mol. The molecule has 0 heterocycles. The molecule has 0 saturated carbocycles.